The molecule has 0 radical (unpaired) electrons. The second-order valence-corrected chi connectivity index (χ2v) is 7.34. The molecule has 1 amide bonds. The van der Waals surface area contributed by atoms with Crippen molar-refractivity contribution in [2.75, 3.05) is 36.4 Å². The molecular formula is C22H26N4O3. The fraction of sp³-hybridized carbons (Fsp3) is 0.318. The Balaban J connectivity index is 1.69. The largest absolute Gasteiger partial charge is 0.363 e. The number of rotatable bonds is 6. The van der Waals surface area contributed by atoms with Crippen LogP contribution in [-0.4, -0.2) is 37.0 Å². The van der Waals surface area contributed by atoms with Crippen molar-refractivity contribution in [3.05, 3.63) is 69.8 Å². The number of carbonyl (C=O) groups is 1. The highest BCUT2D eigenvalue weighted by molar-refractivity contribution is 6.02. The van der Waals surface area contributed by atoms with E-state index in [2.05, 4.69) is 24.5 Å². The summed E-state index contributed by atoms with van der Waals surface area (Å²) in [6.07, 6.45) is 3.16. The molecule has 0 unspecified atom stereocenters. The van der Waals surface area contributed by atoms with Crippen LogP contribution >= 0.6 is 0 Å². The number of piperazine rings is 1. The molecule has 1 aliphatic rings. The van der Waals surface area contributed by atoms with Crippen molar-refractivity contribution in [1.82, 2.24) is 5.32 Å². The van der Waals surface area contributed by atoms with Crippen molar-refractivity contribution in [2.45, 2.75) is 19.8 Å². The molecule has 0 atom stereocenters. The molecule has 2 aromatic carbocycles. The van der Waals surface area contributed by atoms with E-state index in [4.69, 9.17) is 0 Å². The zero-order valence-corrected chi connectivity index (χ0v) is 16.7. The maximum atomic E-state index is 12.2. The van der Waals surface area contributed by atoms with Gasteiger partial charge in [-0.05, 0) is 35.3 Å². The van der Waals surface area contributed by atoms with Crippen LogP contribution in [0.4, 0.5) is 17.1 Å². The molecule has 3 rings (SSSR count). The van der Waals surface area contributed by atoms with Crippen molar-refractivity contribution < 1.29 is 9.72 Å². The first kappa shape index (κ1) is 20.5. The quantitative estimate of drug-likeness (QED) is 0.442. The second kappa shape index (κ2) is 9.34. The third-order valence-corrected chi connectivity index (χ3v) is 4.93. The Morgan fingerprint density at radius 1 is 1.17 bits per heavy atom. The first-order valence-electron chi connectivity index (χ1n) is 9.77. The normalized spacial score (nSPS) is 14.4. The molecule has 0 spiro atoms. The Bertz CT molecular complexity index is 901. The lowest BCUT2D eigenvalue weighted by Crippen LogP contribution is -2.43. The first-order valence-corrected chi connectivity index (χ1v) is 9.77. The summed E-state index contributed by atoms with van der Waals surface area (Å²) in [6.45, 7) is 7.27. The van der Waals surface area contributed by atoms with Crippen LogP contribution in [0.25, 0.3) is 6.08 Å². The molecule has 1 aliphatic heterocycles. The number of benzene rings is 2. The Morgan fingerprint density at radius 3 is 2.48 bits per heavy atom. The number of nitro benzene ring substituents is 1. The summed E-state index contributed by atoms with van der Waals surface area (Å²) in [4.78, 5) is 25.4. The highest BCUT2D eigenvalue weighted by atomic mass is 16.6. The minimum absolute atomic E-state index is 0.00189. The van der Waals surface area contributed by atoms with E-state index in [0.717, 1.165) is 18.7 Å². The van der Waals surface area contributed by atoms with Crippen molar-refractivity contribution >= 4 is 29.0 Å². The summed E-state index contributed by atoms with van der Waals surface area (Å²) < 4.78 is 0. The maximum Gasteiger partial charge on any atom is 0.294 e. The van der Waals surface area contributed by atoms with E-state index in [1.165, 1.54) is 17.7 Å². The van der Waals surface area contributed by atoms with E-state index >= 15 is 0 Å². The highest BCUT2D eigenvalue weighted by Crippen LogP contribution is 2.31. The van der Waals surface area contributed by atoms with Crippen LogP contribution in [-0.2, 0) is 4.79 Å². The van der Waals surface area contributed by atoms with Gasteiger partial charge in [0.2, 0.25) is 5.91 Å². The minimum atomic E-state index is -0.404. The summed E-state index contributed by atoms with van der Waals surface area (Å²) in [5.41, 5.74) is 3.14. The van der Waals surface area contributed by atoms with Gasteiger partial charge in [0.05, 0.1) is 4.92 Å². The molecule has 0 aromatic heterocycles. The van der Waals surface area contributed by atoms with Crippen molar-refractivity contribution in [3.63, 3.8) is 0 Å². The Hall–Kier alpha value is -3.19. The molecule has 0 aliphatic carbocycles. The number of nitrogens with one attached hydrogen (secondary N) is 2. The second-order valence-electron chi connectivity index (χ2n) is 7.34. The monoisotopic (exact) mass is 394 g/mol. The van der Waals surface area contributed by atoms with E-state index in [-0.39, 0.29) is 11.6 Å². The smallest absolute Gasteiger partial charge is 0.294 e. The van der Waals surface area contributed by atoms with Crippen molar-refractivity contribution in [2.24, 2.45) is 0 Å². The zero-order chi connectivity index (χ0) is 20.8. The van der Waals surface area contributed by atoms with Gasteiger partial charge in [0.1, 0.15) is 5.69 Å². The molecule has 152 valence electrons. The van der Waals surface area contributed by atoms with Gasteiger partial charge in [-0.2, -0.15) is 0 Å². The summed E-state index contributed by atoms with van der Waals surface area (Å²) in [6, 6.07) is 12.8. The van der Waals surface area contributed by atoms with Crippen LogP contribution in [0.1, 0.15) is 30.9 Å². The predicted molar refractivity (Wildman–Crippen MR) is 116 cm³/mol. The van der Waals surface area contributed by atoms with Gasteiger partial charge in [0.25, 0.3) is 5.69 Å². The van der Waals surface area contributed by atoms with Gasteiger partial charge in [-0.1, -0.05) is 38.1 Å². The zero-order valence-electron chi connectivity index (χ0n) is 16.7. The molecule has 1 heterocycles. The third kappa shape index (κ3) is 5.42. The van der Waals surface area contributed by atoms with Crippen LogP contribution in [0, 0.1) is 10.1 Å². The van der Waals surface area contributed by atoms with Gasteiger partial charge >= 0.3 is 0 Å². The fourth-order valence-electron chi connectivity index (χ4n) is 3.27. The predicted octanol–water partition coefficient (Wildman–Crippen LogP) is 3.78. The number of anilines is 2. The lowest BCUT2D eigenvalue weighted by atomic mass is 10.0. The van der Waals surface area contributed by atoms with Gasteiger partial charge in [-0.3, -0.25) is 14.9 Å². The standard InChI is InChI=1S/C22H26N4O3/c1-16(2)18-6-3-17(4-7-18)5-10-22(27)24-19-8-9-20(21(15-19)26(28)29)25-13-11-23-12-14-25/h3-10,15-16,23H,11-14H2,1-2H3,(H,24,27)/b10-5+. The number of hydrogen-bond donors (Lipinski definition) is 2. The van der Waals surface area contributed by atoms with E-state index in [1.807, 2.05) is 29.2 Å². The van der Waals surface area contributed by atoms with Gasteiger partial charge in [0, 0.05) is 44.0 Å². The topological polar surface area (TPSA) is 87.5 Å². The Morgan fingerprint density at radius 2 is 1.86 bits per heavy atom. The maximum absolute atomic E-state index is 12.2. The SMILES string of the molecule is CC(C)c1ccc(/C=C/C(=O)Nc2ccc(N3CCNCC3)c([N+](=O)[O-])c2)cc1. The van der Waals surface area contributed by atoms with E-state index < -0.39 is 4.92 Å². The molecule has 1 fully saturated rings. The molecule has 1 saturated heterocycles. The summed E-state index contributed by atoms with van der Waals surface area (Å²) in [5, 5.41) is 17.5. The Labute approximate surface area is 170 Å². The van der Waals surface area contributed by atoms with Crippen LogP contribution in [0.15, 0.2) is 48.5 Å². The van der Waals surface area contributed by atoms with Crippen LogP contribution in [0.2, 0.25) is 0 Å². The molecule has 29 heavy (non-hydrogen) atoms. The number of amides is 1. The van der Waals surface area contributed by atoms with Crippen molar-refractivity contribution in [1.29, 1.82) is 0 Å². The average Bonchev–Trinajstić information content (AvgIpc) is 2.73. The number of nitrogens with zero attached hydrogens (tertiary/aromatic N) is 2. The third-order valence-electron chi connectivity index (χ3n) is 4.93. The van der Waals surface area contributed by atoms with E-state index in [9.17, 15) is 14.9 Å². The highest BCUT2D eigenvalue weighted by Gasteiger charge is 2.21. The fourth-order valence-corrected chi connectivity index (χ4v) is 3.27. The molecule has 0 bridgehead atoms. The first-order chi connectivity index (χ1) is 13.9. The molecule has 7 heteroatoms. The lowest BCUT2D eigenvalue weighted by molar-refractivity contribution is -0.384. The molecule has 2 aromatic rings. The summed E-state index contributed by atoms with van der Waals surface area (Å²) >= 11 is 0. The Kier molecular flexibility index (Phi) is 6.61. The van der Waals surface area contributed by atoms with Gasteiger partial charge in [-0.25, -0.2) is 0 Å². The number of carbonyl (C=O) groups excluding carboxylic acids is 1. The lowest BCUT2D eigenvalue weighted by Gasteiger charge is -2.29. The average molecular weight is 394 g/mol. The molecule has 0 saturated carbocycles. The number of hydrogen-bond acceptors (Lipinski definition) is 5. The molecule has 7 nitrogen and oxygen atoms in total. The minimum Gasteiger partial charge on any atom is -0.363 e. The van der Waals surface area contributed by atoms with Crippen LogP contribution in [0.5, 0.6) is 0 Å². The van der Waals surface area contributed by atoms with Crippen LogP contribution in [0.3, 0.4) is 0 Å². The summed E-state index contributed by atoms with van der Waals surface area (Å²) in [7, 11) is 0. The summed E-state index contributed by atoms with van der Waals surface area (Å²) in [5.74, 6) is 0.124. The molecular weight excluding hydrogens is 368 g/mol. The number of nitro groups is 1. The van der Waals surface area contributed by atoms with Crippen LogP contribution < -0.4 is 15.5 Å². The van der Waals surface area contributed by atoms with E-state index in [0.29, 0.717) is 30.4 Å². The van der Waals surface area contributed by atoms with Crippen molar-refractivity contribution in [3.8, 4) is 0 Å². The van der Waals surface area contributed by atoms with E-state index in [1.54, 1.807) is 18.2 Å². The van der Waals surface area contributed by atoms with Gasteiger partial charge in [-0.15, -0.1) is 0 Å². The van der Waals surface area contributed by atoms with Gasteiger partial charge < -0.3 is 15.5 Å². The van der Waals surface area contributed by atoms with Gasteiger partial charge in [0.15, 0.2) is 0 Å². The molecule has 2 N–H and O–H groups in total.